The summed E-state index contributed by atoms with van der Waals surface area (Å²) in [5.74, 6) is 0.823. The molecule has 0 saturated carbocycles. The second-order valence-electron chi connectivity index (χ2n) is 5.27. The molecule has 0 fully saturated rings. The monoisotopic (exact) mass is 256 g/mol. The third kappa shape index (κ3) is 2.05. The number of ether oxygens (including phenoxy) is 1. The molecule has 0 amide bonds. The molecule has 2 heterocycles. The van der Waals surface area contributed by atoms with Gasteiger partial charge in [-0.1, -0.05) is 5.57 Å². The molecule has 1 atom stereocenters. The van der Waals surface area contributed by atoms with E-state index in [-0.39, 0.29) is 11.7 Å². The maximum atomic E-state index is 11.5. The van der Waals surface area contributed by atoms with E-state index in [2.05, 4.69) is 19.9 Å². The van der Waals surface area contributed by atoms with Gasteiger partial charge in [-0.15, -0.1) is 0 Å². The highest BCUT2D eigenvalue weighted by Crippen LogP contribution is 2.35. The number of fused-ring (bicyclic) bond motifs is 3. The molecule has 1 aromatic carbocycles. The Bertz CT molecular complexity index is 733. The summed E-state index contributed by atoms with van der Waals surface area (Å²) >= 11 is 0. The molecule has 0 N–H and O–H groups in total. The maximum absolute atomic E-state index is 11.5. The smallest absolute Gasteiger partial charge is 0.336 e. The van der Waals surface area contributed by atoms with Gasteiger partial charge in [0.05, 0.1) is 0 Å². The Morgan fingerprint density at radius 2 is 2.16 bits per heavy atom. The molecular weight excluding hydrogens is 240 g/mol. The summed E-state index contributed by atoms with van der Waals surface area (Å²) in [6.45, 7) is 6.03. The molecule has 0 aliphatic carbocycles. The molecule has 1 aliphatic heterocycles. The first-order valence-corrected chi connectivity index (χ1v) is 6.42. The molecule has 1 aliphatic rings. The molecule has 1 aromatic heterocycles. The Labute approximate surface area is 111 Å². The van der Waals surface area contributed by atoms with E-state index in [1.54, 1.807) is 0 Å². The van der Waals surface area contributed by atoms with Gasteiger partial charge in [0.1, 0.15) is 17.4 Å². The lowest BCUT2D eigenvalue weighted by molar-refractivity contribution is 0.282. The van der Waals surface area contributed by atoms with Crippen LogP contribution >= 0.6 is 0 Å². The first kappa shape index (κ1) is 12.0. The molecule has 98 valence electrons. The first-order valence-electron chi connectivity index (χ1n) is 6.42. The number of allylic oxidation sites excluding steroid dienone is 1. The van der Waals surface area contributed by atoms with Gasteiger partial charge in [0, 0.05) is 23.4 Å². The van der Waals surface area contributed by atoms with Crippen LogP contribution in [0.5, 0.6) is 5.75 Å². The molecule has 19 heavy (non-hydrogen) atoms. The van der Waals surface area contributed by atoms with E-state index < -0.39 is 0 Å². The van der Waals surface area contributed by atoms with Crippen molar-refractivity contribution in [1.29, 1.82) is 0 Å². The fourth-order valence-corrected chi connectivity index (χ4v) is 2.60. The standard InChI is InChI=1S/C16H16O3/c1-9(2)6-11-8-13-14(18-11)5-4-12-10(3)7-15(17)19-16(12)13/h4-7,11H,8H2,1-3H3. The highest BCUT2D eigenvalue weighted by molar-refractivity contribution is 5.85. The van der Waals surface area contributed by atoms with Crippen molar-refractivity contribution >= 4 is 11.0 Å². The van der Waals surface area contributed by atoms with Crippen LogP contribution in [0.1, 0.15) is 25.0 Å². The van der Waals surface area contributed by atoms with Gasteiger partial charge in [-0.2, -0.15) is 0 Å². The molecule has 2 aromatic rings. The molecule has 3 rings (SSSR count). The summed E-state index contributed by atoms with van der Waals surface area (Å²) in [6.07, 6.45) is 2.89. The largest absolute Gasteiger partial charge is 0.486 e. The lowest BCUT2D eigenvalue weighted by Crippen LogP contribution is -2.09. The van der Waals surface area contributed by atoms with Crippen LogP contribution in [0.2, 0.25) is 0 Å². The number of hydrogen-bond donors (Lipinski definition) is 0. The van der Waals surface area contributed by atoms with Crippen molar-refractivity contribution in [2.75, 3.05) is 0 Å². The van der Waals surface area contributed by atoms with E-state index in [0.717, 1.165) is 28.7 Å². The molecule has 0 spiro atoms. The van der Waals surface area contributed by atoms with E-state index in [0.29, 0.717) is 5.58 Å². The van der Waals surface area contributed by atoms with Crippen LogP contribution in [0.25, 0.3) is 11.0 Å². The zero-order valence-corrected chi connectivity index (χ0v) is 11.3. The van der Waals surface area contributed by atoms with Crippen LogP contribution < -0.4 is 10.4 Å². The topological polar surface area (TPSA) is 39.4 Å². The van der Waals surface area contributed by atoms with E-state index in [4.69, 9.17) is 9.15 Å². The number of aryl methyl sites for hydroxylation is 1. The summed E-state index contributed by atoms with van der Waals surface area (Å²) in [5.41, 5.74) is 3.54. The van der Waals surface area contributed by atoms with Gasteiger partial charge in [0.25, 0.3) is 0 Å². The minimum absolute atomic E-state index is 0.0383. The highest BCUT2D eigenvalue weighted by Gasteiger charge is 2.25. The highest BCUT2D eigenvalue weighted by atomic mass is 16.5. The Morgan fingerprint density at radius 1 is 1.37 bits per heavy atom. The van der Waals surface area contributed by atoms with Crippen LogP contribution in [-0.4, -0.2) is 6.10 Å². The lowest BCUT2D eigenvalue weighted by atomic mass is 10.0. The van der Waals surface area contributed by atoms with Crippen molar-refractivity contribution in [1.82, 2.24) is 0 Å². The molecule has 0 bridgehead atoms. The Balaban J connectivity index is 2.18. The second-order valence-corrected chi connectivity index (χ2v) is 5.27. The van der Waals surface area contributed by atoms with Crippen LogP contribution in [0.15, 0.2) is 39.1 Å². The third-order valence-corrected chi connectivity index (χ3v) is 3.38. The SMILES string of the molecule is CC(C)=CC1Cc2c(ccc3c(C)cc(=O)oc23)O1. The molecule has 0 saturated heterocycles. The van der Waals surface area contributed by atoms with Gasteiger partial charge in [-0.05, 0) is 44.5 Å². The summed E-state index contributed by atoms with van der Waals surface area (Å²) in [7, 11) is 0. The maximum Gasteiger partial charge on any atom is 0.336 e. The minimum atomic E-state index is -0.302. The van der Waals surface area contributed by atoms with Gasteiger partial charge in [-0.3, -0.25) is 0 Å². The number of hydrogen-bond acceptors (Lipinski definition) is 3. The van der Waals surface area contributed by atoms with Crippen molar-refractivity contribution in [3.8, 4) is 5.75 Å². The molecule has 3 nitrogen and oxygen atoms in total. The average molecular weight is 256 g/mol. The number of benzene rings is 1. The molecule has 0 radical (unpaired) electrons. The van der Waals surface area contributed by atoms with Crippen molar-refractivity contribution in [3.05, 3.63) is 51.4 Å². The van der Waals surface area contributed by atoms with Crippen LogP contribution in [-0.2, 0) is 6.42 Å². The molecule has 3 heteroatoms. The van der Waals surface area contributed by atoms with Gasteiger partial charge < -0.3 is 9.15 Å². The van der Waals surface area contributed by atoms with E-state index in [9.17, 15) is 4.79 Å². The zero-order valence-electron chi connectivity index (χ0n) is 11.3. The molecular formula is C16H16O3. The predicted octanol–water partition coefficient (Wildman–Crippen LogP) is 3.37. The Kier molecular flexibility index (Phi) is 2.70. The van der Waals surface area contributed by atoms with Crippen molar-refractivity contribution in [3.63, 3.8) is 0 Å². The third-order valence-electron chi connectivity index (χ3n) is 3.38. The van der Waals surface area contributed by atoms with Crippen LogP contribution in [0.4, 0.5) is 0 Å². The van der Waals surface area contributed by atoms with Gasteiger partial charge in [0.2, 0.25) is 0 Å². The van der Waals surface area contributed by atoms with Gasteiger partial charge in [-0.25, -0.2) is 4.79 Å². The lowest BCUT2D eigenvalue weighted by Gasteiger charge is -2.05. The van der Waals surface area contributed by atoms with Crippen LogP contribution in [0.3, 0.4) is 0 Å². The Morgan fingerprint density at radius 3 is 2.89 bits per heavy atom. The summed E-state index contributed by atoms with van der Waals surface area (Å²) in [4.78, 5) is 11.5. The summed E-state index contributed by atoms with van der Waals surface area (Å²) in [5, 5.41) is 0.986. The second kappa shape index (κ2) is 4.26. The van der Waals surface area contributed by atoms with Crippen molar-refractivity contribution in [2.45, 2.75) is 33.3 Å². The molecule has 1 unspecified atom stereocenters. The summed E-state index contributed by atoms with van der Waals surface area (Å²) < 4.78 is 11.2. The Hall–Kier alpha value is -2.03. The fraction of sp³-hybridized carbons (Fsp3) is 0.312. The minimum Gasteiger partial charge on any atom is -0.486 e. The zero-order chi connectivity index (χ0) is 13.6. The van der Waals surface area contributed by atoms with Gasteiger partial charge >= 0.3 is 5.63 Å². The van der Waals surface area contributed by atoms with Crippen LogP contribution in [0, 0.1) is 6.92 Å². The average Bonchev–Trinajstić information content (AvgIpc) is 2.70. The van der Waals surface area contributed by atoms with Gasteiger partial charge in [0.15, 0.2) is 0 Å². The first-order chi connectivity index (χ1) is 9.04. The van der Waals surface area contributed by atoms with E-state index in [1.807, 2.05) is 19.1 Å². The normalized spacial score (nSPS) is 17.1. The van der Waals surface area contributed by atoms with E-state index >= 15 is 0 Å². The van der Waals surface area contributed by atoms with Crippen molar-refractivity contribution < 1.29 is 9.15 Å². The quantitative estimate of drug-likeness (QED) is 0.580. The summed E-state index contributed by atoms with van der Waals surface area (Å²) in [6, 6.07) is 5.44. The van der Waals surface area contributed by atoms with E-state index in [1.165, 1.54) is 11.6 Å². The predicted molar refractivity (Wildman–Crippen MR) is 74.8 cm³/mol. The fourth-order valence-electron chi connectivity index (χ4n) is 2.60. The van der Waals surface area contributed by atoms with Crippen molar-refractivity contribution in [2.24, 2.45) is 0 Å². The number of rotatable bonds is 1.